The molecule has 0 fully saturated rings. The zero-order valence-corrected chi connectivity index (χ0v) is 18.3. The second-order valence-electron chi connectivity index (χ2n) is 7.32. The van der Waals surface area contributed by atoms with Crippen molar-refractivity contribution in [1.29, 1.82) is 10.8 Å². The van der Waals surface area contributed by atoms with Crippen molar-refractivity contribution in [3.8, 4) is 0 Å². The molecule has 0 rings (SSSR count). The Morgan fingerprint density at radius 2 is 1.28 bits per heavy atom. The highest BCUT2D eigenvalue weighted by molar-refractivity contribution is 5.91. The van der Waals surface area contributed by atoms with Crippen LogP contribution >= 0.6 is 0 Å². The molecule has 32 heavy (non-hydrogen) atoms. The summed E-state index contributed by atoms with van der Waals surface area (Å²) in [6.45, 7) is 1.10. The Bertz CT molecular complexity index is 631. The fraction of sp³-hybridized carbons (Fsp3) is 0.722. The number of nitrogens with one attached hydrogen (secondary N) is 6. The van der Waals surface area contributed by atoms with Gasteiger partial charge >= 0.3 is 5.97 Å². The van der Waals surface area contributed by atoms with Gasteiger partial charge in [0, 0.05) is 13.1 Å². The van der Waals surface area contributed by atoms with E-state index in [4.69, 9.17) is 33.8 Å². The van der Waals surface area contributed by atoms with Gasteiger partial charge < -0.3 is 49.3 Å². The highest BCUT2D eigenvalue weighted by atomic mass is 16.4. The Hall–Kier alpha value is -3.13. The van der Waals surface area contributed by atoms with Gasteiger partial charge in [0.15, 0.2) is 11.9 Å². The molecule has 15 N–H and O–H groups in total. The number of carboxylic acids is 1. The van der Waals surface area contributed by atoms with Crippen LogP contribution in [0.3, 0.4) is 0 Å². The van der Waals surface area contributed by atoms with E-state index in [1.54, 1.807) is 0 Å². The van der Waals surface area contributed by atoms with E-state index < -0.39 is 35.9 Å². The van der Waals surface area contributed by atoms with E-state index in [1.807, 2.05) is 0 Å². The zero-order valence-electron chi connectivity index (χ0n) is 18.3. The lowest BCUT2D eigenvalue weighted by Crippen LogP contribution is -2.54. The van der Waals surface area contributed by atoms with Crippen molar-refractivity contribution in [3.05, 3.63) is 0 Å². The number of carbonyl (C=O) groups is 3. The second kappa shape index (κ2) is 16.5. The topological polar surface area (TPSA) is 271 Å². The summed E-state index contributed by atoms with van der Waals surface area (Å²) in [5.41, 5.74) is 21.7. The minimum absolute atomic E-state index is 0.182. The van der Waals surface area contributed by atoms with Gasteiger partial charge in [-0.15, -0.1) is 0 Å². The Morgan fingerprint density at radius 1 is 0.781 bits per heavy atom. The number of hydrogen-bond acceptors (Lipinski definition) is 7. The van der Waals surface area contributed by atoms with Crippen LogP contribution in [0.25, 0.3) is 0 Å². The number of aliphatic carboxylic acids is 1. The van der Waals surface area contributed by atoms with Gasteiger partial charge in [-0.1, -0.05) is 0 Å². The maximum atomic E-state index is 12.7. The number of amides is 2. The largest absolute Gasteiger partial charge is 0.480 e. The molecule has 14 nitrogen and oxygen atoms in total. The van der Waals surface area contributed by atoms with Crippen LogP contribution in [0.4, 0.5) is 0 Å². The molecule has 0 heterocycles. The first-order chi connectivity index (χ1) is 15.1. The molecular formula is C18H38N10O4. The Balaban J connectivity index is 4.96. The molecule has 14 heteroatoms. The van der Waals surface area contributed by atoms with E-state index in [1.165, 1.54) is 0 Å². The van der Waals surface area contributed by atoms with Crippen molar-refractivity contribution in [1.82, 2.24) is 21.3 Å². The molecule has 0 aromatic carbocycles. The third-order valence-electron chi connectivity index (χ3n) is 4.52. The summed E-state index contributed by atoms with van der Waals surface area (Å²) in [5, 5.41) is 33.9. The molecule has 2 amide bonds. The van der Waals surface area contributed by atoms with Crippen LogP contribution in [0.2, 0.25) is 0 Å². The van der Waals surface area contributed by atoms with Gasteiger partial charge in [-0.3, -0.25) is 20.4 Å². The Labute approximate surface area is 187 Å². The third-order valence-corrected chi connectivity index (χ3v) is 4.52. The first-order valence-electron chi connectivity index (χ1n) is 10.5. The third kappa shape index (κ3) is 14.0. The quantitative estimate of drug-likeness (QED) is 0.0597. The summed E-state index contributed by atoms with van der Waals surface area (Å²) >= 11 is 0. The lowest BCUT2D eigenvalue weighted by atomic mass is 10.1. The summed E-state index contributed by atoms with van der Waals surface area (Å²) in [4.78, 5) is 36.7. The van der Waals surface area contributed by atoms with E-state index in [9.17, 15) is 19.5 Å². The van der Waals surface area contributed by atoms with Crippen LogP contribution in [0, 0.1) is 10.8 Å². The van der Waals surface area contributed by atoms with Crippen LogP contribution < -0.4 is 44.2 Å². The van der Waals surface area contributed by atoms with E-state index in [0.29, 0.717) is 51.7 Å². The van der Waals surface area contributed by atoms with Gasteiger partial charge in [-0.05, 0) is 51.5 Å². The zero-order chi connectivity index (χ0) is 24.5. The average Bonchev–Trinajstić information content (AvgIpc) is 2.71. The van der Waals surface area contributed by atoms with Crippen LogP contribution in [0.15, 0.2) is 0 Å². The van der Waals surface area contributed by atoms with Crippen LogP contribution in [0.5, 0.6) is 0 Å². The first-order valence-corrected chi connectivity index (χ1v) is 10.5. The maximum Gasteiger partial charge on any atom is 0.326 e. The lowest BCUT2D eigenvalue weighted by Gasteiger charge is -2.23. The first kappa shape index (κ1) is 28.9. The lowest BCUT2D eigenvalue weighted by molar-refractivity contribution is -0.142. The van der Waals surface area contributed by atoms with Gasteiger partial charge in [0.05, 0.1) is 6.04 Å². The number of carboxylic acid groups (broad SMARTS) is 1. The van der Waals surface area contributed by atoms with Gasteiger partial charge in [-0.2, -0.15) is 0 Å². The summed E-state index contributed by atoms with van der Waals surface area (Å²) in [5.74, 6) is -2.76. The summed E-state index contributed by atoms with van der Waals surface area (Å²) in [7, 11) is 0. The second-order valence-corrected chi connectivity index (χ2v) is 7.32. The number of guanidine groups is 2. The molecule has 0 saturated heterocycles. The van der Waals surface area contributed by atoms with Crippen molar-refractivity contribution in [3.63, 3.8) is 0 Å². The monoisotopic (exact) mass is 458 g/mol. The Kier molecular flexibility index (Phi) is 14.9. The van der Waals surface area contributed by atoms with Crippen molar-refractivity contribution < 1.29 is 19.5 Å². The smallest absolute Gasteiger partial charge is 0.326 e. The molecule has 0 radical (unpaired) electrons. The van der Waals surface area contributed by atoms with E-state index >= 15 is 0 Å². The molecule has 0 aromatic heterocycles. The van der Waals surface area contributed by atoms with Gasteiger partial charge in [0.25, 0.3) is 0 Å². The van der Waals surface area contributed by atoms with Crippen molar-refractivity contribution >= 4 is 29.7 Å². The minimum Gasteiger partial charge on any atom is -0.480 e. The van der Waals surface area contributed by atoms with Crippen molar-refractivity contribution in [2.75, 3.05) is 19.6 Å². The summed E-state index contributed by atoms with van der Waals surface area (Å²) in [6.07, 6.45) is 2.73. The molecule has 0 aromatic rings. The van der Waals surface area contributed by atoms with E-state index in [-0.39, 0.29) is 24.8 Å². The van der Waals surface area contributed by atoms with Gasteiger partial charge in [-0.25, -0.2) is 4.79 Å². The molecule has 184 valence electrons. The van der Waals surface area contributed by atoms with Crippen LogP contribution in [-0.2, 0) is 14.4 Å². The van der Waals surface area contributed by atoms with Crippen LogP contribution in [0.1, 0.15) is 44.9 Å². The average molecular weight is 459 g/mol. The standard InChI is InChI=1S/C18H38N10O4/c19-8-2-1-6-13(16(31)32)28-15(30)12(7-4-10-26-18(23)24)27-14(29)11(20)5-3-9-25-17(21)22/h11-13H,1-10,19-20H2,(H,27,29)(H,28,30)(H,31,32)(H4,21,22,25)(H4,23,24,26)/t11-,12-,13-/m0/s1. The van der Waals surface area contributed by atoms with Crippen molar-refractivity contribution in [2.24, 2.45) is 22.9 Å². The molecular weight excluding hydrogens is 420 g/mol. The fourth-order valence-electron chi connectivity index (χ4n) is 2.78. The normalized spacial score (nSPS) is 13.3. The van der Waals surface area contributed by atoms with Gasteiger partial charge in [0.1, 0.15) is 12.1 Å². The van der Waals surface area contributed by atoms with Gasteiger partial charge in [0.2, 0.25) is 11.8 Å². The minimum atomic E-state index is -1.17. The molecule has 0 saturated carbocycles. The maximum absolute atomic E-state index is 12.7. The molecule has 0 aliphatic carbocycles. The molecule has 0 unspecified atom stereocenters. The summed E-state index contributed by atoms with van der Waals surface area (Å²) < 4.78 is 0. The number of nitrogens with two attached hydrogens (primary N) is 4. The predicted molar refractivity (Wildman–Crippen MR) is 121 cm³/mol. The number of carbonyl (C=O) groups excluding carboxylic acids is 2. The number of hydrogen-bond donors (Lipinski definition) is 11. The Morgan fingerprint density at radius 3 is 1.78 bits per heavy atom. The summed E-state index contributed by atoms with van der Waals surface area (Å²) in [6, 6.07) is -3.00. The van der Waals surface area contributed by atoms with E-state index in [0.717, 1.165) is 0 Å². The molecule has 0 bridgehead atoms. The number of unbranched alkanes of at least 4 members (excludes halogenated alkanes) is 1. The van der Waals surface area contributed by atoms with Crippen molar-refractivity contribution in [2.45, 2.75) is 63.1 Å². The number of rotatable bonds is 17. The van der Waals surface area contributed by atoms with E-state index in [2.05, 4.69) is 21.3 Å². The molecule has 0 aliphatic rings. The highest BCUT2D eigenvalue weighted by Gasteiger charge is 2.27. The SMILES string of the molecule is N=C(N)NCCC[C@H](NC(=O)[C@@H](N)CCCNC(=N)N)C(=O)N[C@@H](CCCCN)C(=O)O. The fourth-order valence-corrected chi connectivity index (χ4v) is 2.78. The molecule has 0 aliphatic heterocycles. The molecule has 3 atom stereocenters. The molecule has 0 spiro atoms. The highest BCUT2D eigenvalue weighted by Crippen LogP contribution is 2.05. The van der Waals surface area contributed by atoms with Crippen LogP contribution in [-0.4, -0.2) is 72.6 Å². The predicted octanol–water partition coefficient (Wildman–Crippen LogP) is -2.98.